The molecule has 0 aliphatic heterocycles. The summed E-state index contributed by atoms with van der Waals surface area (Å²) in [6.45, 7) is 0. The van der Waals surface area contributed by atoms with Gasteiger partial charge in [-0.25, -0.2) is 9.67 Å². The SMILES string of the molecule is COc1ccc(O)c(C(=O)c2cnn(-c3nc4ccccc4s3)c2)c1. The van der Waals surface area contributed by atoms with E-state index in [1.165, 1.54) is 36.8 Å². The van der Waals surface area contributed by atoms with E-state index in [-0.39, 0.29) is 17.1 Å². The number of thiazole rings is 1. The zero-order chi connectivity index (χ0) is 17.4. The number of nitrogens with zero attached hydrogens (tertiary/aromatic N) is 3. The molecular formula is C18H13N3O3S. The predicted octanol–water partition coefficient (Wildman–Crippen LogP) is 3.43. The minimum Gasteiger partial charge on any atom is -0.507 e. The highest BCUT2D eigenvalue weighted by Gasteiger charge is 2.17. The van der Waals surface area contributed by atoms with E-state index in [1.54, 1.807) is 16.9 Å². The molecule has 2 aromatic heterocycles. The third-order valence-electron chi connectivity index (χ3n) is 3.77. The second-order valence-electron chi connectivity index (χ2n) is 5.35. The van der Waals surface area contributed by atoms with Crippen LogP contribution in [-0.4, -0.2) is 32.8 Å². The van der Waals surface area contributed by atoms with Crippen molar-refractivity contribution in [1.29, 1.82) is 0 Å². The van der Waals surface area contributed by atoms with Crippen LogP contribution in [0.1, 0.15) is 15.9 Å². The number of aromatic nitrogens is 3. The number of methoxy groups -OCH3 is 1. The first-order chi connectivity index (χ1) is 12.2. The zero-order valence-corrected chi connectivity index (χ0v) is 14.0. The maximum Gasteiger partial charge on any atom is 0.211 e. The summed E-state index contributed by atoms with van der Waals surface area (Å²) in [5, 5.41) is 14.9. The summed E-state index contributed by atoms with van der Waals surface area (Å²) in [6, 6.07) is 12.3. The molecule has 1 N–H and O–H groups in total. The number of hydrogen-bond acceptors (Lipinski definition) is 6. The van der Waals surface area contributed by atoms with Crippen LogP contribution in [0.3, 0.4) is 0 Å². The van der Waals surface area contributed by atoms with E-state index in [1.807, 2.05) is 24.3 Å². The Labute approximate surface area is 146 Å². The zero-order valence-electron chi connectivity index (χ0n) is 13.2. The molecule has 0 bridgehead atoms. The largest absolute Gasteiger partial charge is 0.507 e. The third-order valence-corrected chi connectivity index (χ3v) is 4.80. The highest BCUT2D eigenvalue weighted by molar-refractivity contribution is 7.20. The lowest BCUT2D eigenvalue weighted by Crippen LogP contribution is -2.01. The molecule has 0 aliphatic carbocycles. The standard InChI is InChI=1S/C18H13N3O3S/c1-24-12-6-7-15(22)13(8-12)17(23)11-9-19-21(10-11)18-20-14-4-2-3-5-16(14)25-18/h2-10,22H,1H3. The number of fused-ring (bicyclic) bond motifs is 1. The average Bonchev–Trinajstić information content (AvgIpc) is 3.28. The molecule has 0 saturated heterocycles. The summed E-state index contributed by atoms with van der Waals surface area (Å²) < 4.78 is 7.72. The number of ketones is 1. The van der Waals surface area contributed by atoms with Gasteiger partial charge >= 0.3 is 0 Å². The summed E-state index contributed by atoms with van der Waals surface area (Å²) in [6.07, 6.45) is 3.08. The quantitative estimate of drug-likeness (QED) is 0.570. The Morgan fingerprint density at radius 1 is 1.24 bits per heavy atom. The van der Waals surface area contributed by atoms with Crippen LogP contribution in [0.4, 0.5) is 0 Å². The molecular weight excluding hydrogens is 338 g/mol. The Bertz CT molecular complexity index is 1050. The molecule has 7 heteroatoms. The fourth-order valence-electron chi connectivity index (χ4n) is 2.48. The maximum atomic E-state index is 12.7. The molecule has 25 heavy (non-hydrogen) atoms. The van der Waals surface area contributed by atoms with E-state index >= 15 is 0 Å². The van der Waals surface area contributed by atoms with Gasteiger partial charge in [0.15, 0.2) is 5.78 Å². The fourth-order valence-corrected chi connectivity index (χ4v) is 3.38. The summed E-state index contributed by atoms with van der Waals surface area (Å²) in [5.41, 5.74) is 1.42. The van der Waals surface area contributed by atoms with Gasteiger partial charge in [0.2, 0.25) is 5.13 Å². The average molecular weight is 351 g/mol. The maximum absolute atomic E-state index is 12.7. The predicted molar refractivity (Wildman–Crippen MR) is 94.8 cm³/mol. The summed E-state index contributed by atoms with van der Waals surface area (Å²) in [7, 11) is 1.51. The molecule has 0 amide bonds. The highest BCUT2D eigenvalue weighted by atomic mass is 32.1. The molecule has 0 atom stereocenters. The minimum atomic E-state index is -0.330. The summed E-state index contributed by atoms with van der Waals surface area (Å²) in [4.78, 5) is 17.2. The molecule has 0 radical (unpaired) electrons. The van der Waals surface area contributed by atoms with Crippen molar-refractivity contribution in [2.75, 3.05) is 7.11 Å². The third kappa shape index (κ3) is 2.74. The lowest BCUT2D eigenvalue weighted by atomic mass is 10.1. The van der Waals surface area contributed by atoms with Gasteiger partial charge in [-0.2, -0.15) is 5.10 Å². The van der Waals surface area contributed by atoms with Gasteiger partial charge in [0.1, 0.15) is 11.5 Å². The lowest BCUT2D eigenvalue weighted by Gasteiger charge is -2.05. The van der Waals surface area contributed by atoms with Crippen LogP contribution in [-0.2, 0) is 0 Å². The molecule has 0 spiro atoms. The number of carbonyl (C=O) groups is 1. The number of hydrogen-bond donors (Lipinski definition) is 1. The van der Waals surface area contributed by atoms with Gasteiger partial charge in [-0.15, -0.1) is 0 Å². The molecule has 0 fully saturated rings. The van der Waals surface area contributed by atoms with Crippen molar-refractivity contribution in [3.8, 4) is 16.6 Å². The van der Waals surface area contributed by atoms with E-state index in [4.69, 9.17) is 4.74 Å². The first kappa shape index (κ1) is 15.3. The number of para-hydroxylation sites is 1. The van der Waals surface area contributed by atoms with E-state index < -0.39 is 0 Å². The smallest absolute Gasteiger partial charge is 0.211 e. The van der Waals surface area contributed by atoms with Gasteiger partial charge in [0.25, 0.3) is 0 Å². The molecule has 0 saturated carbocycles. The Kier molecular flexibility index (Phi) is 3.70. The van der Waals surface area contributed by atoms with Crippen molar-refractivity contribution >= 4 is 27.3 Å². The van der Waals surface area contributed by atoms with E-state index in [0.29, 0.717) is 16.4 Å². The van der Waals surface area contributed by atoms with E-state index in [2.05, 4.69) is 10.1 Å². The fraction of sp³-hybridized carbons (Fsp3) is 0.0556. The Morgan fingerprint density at radius 3 is 2.88 bits per heavy atom. The van der Waals surface area contributed by atoms with E-state index in [9.17, 15) is 9.90 Å². The topological polar surface area (TPSA) is 77.2 Å². The first-order valence-electron chi connectivity index (χ1n) is 7.48. The molecule has 0 unspecified atom stereocenters. The van der Waals surface area contributed by atoms with Crippen LogP contribution in [0.15, 0.2) is 54.9 Å². The van der Waals surface area contributed by atoms with Crippen molar-refractivity contribution < 1.29 is 14.6 Å². The number of phenolic OH excluding ortho intramolecular Hbond substituents is 1. The molecule has 6 nitrogen and oxygen atoms in total. The number of aromatic hydroxyl groups is 1. The Balaban J connectivity index is 1.70. The van der Waals surface area contributed by atoms with Crippen molar-refractivity contribution in [3.63, 3.8) is 0 Å². The second-order valence-corrected chi connectivity index (χ2v) is 6.36. The van der Waals surface area contributed by atoms with Crippen LogP contribution in [0.2, 0.25) is 0 Å². The van der Waals surface area contributed by atoms with Gasteiger partial charge in [0, 0.05) is 6.20 Å². The van der Waals surface area contributed by atoms with E-state index in [0.717, 1.165) is 10.2 Å². The summed E-state index contributed by atoms with van der Waals surface area (Å²) in [5.74, 6) is 0.0713. The molecule has 4 aromatic rings. The molecule has 124 valence electrons. The molecule has 4 rings (SSSR count). The number of ether oxygens (including phenoxy) is 1. The number of benzene rings is 2. The Hall–Kier alpha value is -3.19. The van der Waals surface area contributed by atoms with Gasteiger partial charge in [-0.1, -0.05) is 23.5 Å². The van der Waals surface area contributed by atoms with Crippen molar-refractivity contribution in [2.45, 2.75) is 0 Å². The monoisotopic (exact) mass is 351 g/mol. The molecule has 2 heterocycles. The van der Waals surface area contributed by atoms with Crippen LogP contribution in [0.25, 0.3) is 15.3 Å². The Morgan fingerprint density at radius 2 is 2.08 bits per heavy atom. The van der Waals surface area contributed by atoms with Gasteiger partial charge in [-0.3, -0.25) is 4.79 Å². The lowest BCUT2D eigenvalue weighted by molar-refractivity contribution is 0.103. The van der Waals surface area contributed by atoms with Gasteiger partial charge in [0.05, 0.1) is 34.7 Å². The van der Waals surface area contributed by atoms with Crippen LogP contribution >= 0.6 is 11.3 Å². The van der Waals surface area contributed by atoms with Gasteiger partial charge < -0.3 is 9.84 Å². The van der Waals surface area contributed by atoms with Crippen LogP contribution < -0.4 is 4.74 Å². The molecule has 2 aromatic carbocycles. The molecule has 0 aliphatic rings. The number of rotatable bonds is 4. The minimum absolute atomic E-state index is 0.0986. The van der Waals surface area contributed by atoms with Crippen molar-refractivity contribution in [1.82, 2.24) is 14.8 Å². The van der Waals surface area contributed by atoms with Crippen molar-refractivity contribution in [3.05, 3.63) is 66.0 Å². The van der Waals surface area contributed by atoms with Crippen molar-refractivity contribution in [2.24, 2.45) is 0 Å². The van der Waals surface area contributed by atoms with Crippen LogP contribution in [0, 0.1) is 0 Å². The normalized spacial score (nSPS) is 10.9. The highest BCUT2D eigenvalue weighted by Crippen LogP contribution is 2.27. The first-order valence-corrected chi connectivity index (χ1v) is 8.29. The second kappa shape index (κ2) is 6.03. The van der Waals surface area contributed by atoms with Gasteiger partial charge in [-0.05, 0) is 30.3 Å². The van der Waals surface area contributed by atoms with Crippen LogP contribution in [0.5, 0.6) is 11.5 Å². The number of carbonyl (C=O) groups excluding carboxylic acids is 1. The number of phenols is 1. The summed E-state index contributed by atoms with van der Waals surface area (Å²) >= 11 is 1.49.